The summed E-state index contributed by atoms with van der Waals surface area (Å²) < 4.78 is 11.3. The van der Waals surface area contributed by atoms with E-state index in [9.17, 15) is 4.79 Å². The van der Waals surface area contributed by atoms with Gasteiger partial charge in [-0.1, -0.05) is 13.8 Å². The smallest absolute Gasteiger partial charge is 0.228 e. The molecule has 23 heavy (non-hydrogen) atoms. The van der Waals surface area contributed by atoms with Crippen LogP contribution < -0.4 is 10.1 Å². The molecule has 3 rings (SSSR count). The van der Waals surface area contributed by atoms with E-state index in [1.165, 1.54) is 11.3 Å². The molecule has 1 amide bonds. The minimum atomic E-state index is -0.0782. The first kappa shape index (κ1) is 15.6. The number of carbonyl (C=O) groups excluding carboxylic acids is 1. The summed E-state index contributed by atoms with van der Waals surface area (Å²) in [5.41, 5.74) is 1.49. The van der Waals surface area contributed by atoms with E-state index in [0.29, 0.717) is 23.2 Å². The Morgan fingerprint density at radius 1 is 1.39 bits per heavy atom. The first-order valence-corrected chi connectivity index (χ1v) is 8.38. The molecule has 0 unspecified atom stereocenters. The minimum absolute atomic E-state index is 0.0446. The number of amides is 1. The van der Waals surface area contributed by atoms with Crippen LogP contribution in [0.25, 0.3) is 22.4 Å². The van der Waals surface area contributed by atoms with Gasteiger partial charge in [-0.15, -0.1) is 11.3 Å². The van der Waals surface area contributed by atoms with Gasteiger partial charge in [-0.2, -0.15) is 0 Å². The third-order valence-electron chi connectivity index (χ3n) is 3.31. The number of thiazole rings is 1. The quantitative estimate of drug-likeness (QED) is 0.745. The number of anilines is 1. The lowest BCUT2D eigenvalue weighted by atomic mass is 10.2. The third kappa shape index (κ3) is 3.37. The topological polar surface area (TPSA) is 64.4 Å². The third-order valence-corrected chi connectivity index (χ3v) is 4.07. The fraction of sp³-hybridized carbons (Fsp3) is 0.294. The SMILES string of the molecule is CCOc1ccc2oc(-c3csc(NC(=O)C(C)C)n3)cc2c1. The molecule has 6 heteroatoms. The van der Waals surface area contributed by atoms with Gasteiger partial charge in [0.05, 0.1) is 6.61 Å². The van der Waals surface area contributed by atoms with Crippen LogP contribution in [0.2, 0.25) is 0 Å². The van der Waals surface area contributed by atoms with Gasteiger partial charge >= 0.3 is 0 Å². The lowest BCUT2D eigenvalue weighted by molar-refractivity contribution is -0.118. The van der Waals surface area contributed by atoms with Gasteiger partial charge in [0.2, 0.25) is 5.91 Å². The molecule has 1 aromatic carbocycles. The van der Waals surface area contributed by atoms with E-state index in [0.717, 1.165) is 16.7 Å². The molecule has 2 heterocycles. The molecule has 120 valence electrons. The number of furan rings is 1. The largest absolute Gasteiger partial charge is 0.494 e. The number of ether oxygens (including phenoxy) is 1. The zero-order valence-electron chi connectivity index (χ0n) is 13.3. The molecule has 3 aromatic rings. The van der Waals surface area contributed by atoms with Gasteiger partial charge in [0.1, 0.15) is 17.0 Å². The Balaban J connectivity index is 1.85. The molecule has 0 aliphatic rings. The summed E-state index contributed by atoms with van der Waals surface area (Å²) in [6.07, 6.45) is 0. The first-order chi connectivity index (χ1) is 11.1. The monoisotopic (exact) mass is 330 g/mol. The van der Waals surface area contributed by atoms with Gasteiger partial charge in [0.15, 0.2) is 10.9 Å². The molecule has 5 nitrogen and oxygen atoms in total. The van der Waals surface area contributed by atoms with Crippen LogP contribution in [0.1, 0.15) is 20.8 Å². The molecule has 0 spiro atoms. The number of hydrogen-bond donors (Lipinski definition) is 1. The summed E-state index contributed by atoms with van der Waals surface area (Å²) in [6.45, 7) is 6.27. The molecule has 0 saturated carbocycles. The number of benzene rings is 1. The summed E-state index contributed by atoms with van der Waals surface area (Å²) in [4.78, 5) is 16.1. The van der Waals surface area contributed by atoms with E-state index in [2.05, 4.69) is 10.3 Å². The van der Waals surface area contributed by atoms with Crippen LogP contribution >= 0.6 is 11.3 Å². The number of aromatic nitrogens is 1. The minimum Gasteiger partial charge on any atom is -0.494 e. The lowest BCUT2D eigenvalue weighted by Crippen LogP contribution is -2.17. The molecular weight excluding hydrogens is 312 g/mol. The Labute approximate surface area is 138 Å². The zero-order valence-corrected chi connectivity index (χ0v) is 14.1. The molecule has 1 N–H and O–H groups in total. The van der Waals surface area contributed by atoms with Gasteiger partial charge in [0, 0.05) is 16.7 Å². The summed E-state index contributed by atoms with van der Waals surface area (Å²) in [5, 5.41) is 6.21. The van der Waals surface area contributed by atoms with Gasteiger partial charge in [-0.3, -0.25) is 4.79 Å². The lowest BCUT2D eigenvalue weighted by Gasteiger charge is -2.02. The second-order valence-electron chi connectivity index (χ2n) is 5.43. The number of hydrogen-bond acceptors (Lipinski definition) is 5. The van der Waals surface area contributed by atoms with Crippen molar-refractivity contribution < 1.29 is 13.9 Å². The normalized spacial score (nSPS) is 11.1. The molecule has 0 aliphatic carbocycles. The second-order valence-corrected chi connectivity index (χ2v) is 6.28. The average molecular weight is 330 g/mol. The van der Waals surface area contributed by atoms with E-state index >= 15 is 0 Å². The van der Waals surface area contributed by atoms with Gasteiger partial charge in [0.25, 0.3) is 0 Å². The van der Waals surface area contributed by atoms with Gasteiger partial charge in [-0.25, -0.2) is 4.98 Å². The van der Waals surface area contributed by atoms with Crippen LogP contribution in [0.5, 0.6) is 5.75 Å². The van der Waals surface area contributed by atoms with Crippen molar-refractivity contribution in [2.75, 3.05) is 11.9 Å². The van der Waals surface area contributed by atoms with Crippen molar-refractivity contribution in [3.05, 3.63) is 29.6 Å². The Morgan fingerprint density at radius 3 is 2.96 bits per heavy atom. The molecule has 0 fully saturated rings. The van der Waals surface area contributed by atoms with Crippen LogP contribution in [-0.2, 0) is 4.79 Å². The predicted octanol–water partition coefficient (Wildman–Crippen LogP) is 4.55. The van der Waals surface area contributed by atoms with Crippen molar-refractivity contribution >= 4 is 33.3 Å². The molecule has 0 atom stereocenters. The first-order valence-electron chi connectivity index (χ1n) is 7.50. The Morgan fingerprint density at radius 2 is 2.22 bits per heavy atom. The summed E-state index contributed by atoms with van der Waals surface area (Å²) >= 11 is 1.38. The van der Waals surface area contributed by atoms with E-state index in [-0.39, 0.29) is 11.8 Å². The van der Waals surface area contributed by atoms with E-state index in [1.807, 2.05) is 50.4 Å². The molecule has 0 aliphatic heterocycles. The number of rotatable bonds is 5. The standard InChI is InChI=1S/C17H18N2O3S/c1-4-21-12-5-6-14-11(7-12)8-15(22-14)13-9-23-17(18-13)19-16(20)10(2)3/h5-10H,4H2,1-3H3,(H,18,19,20). The predicted molar refractivity (Wildman–Crippen MR) is 92.0 cm³/mol. The highest BCUT2D eigenvalue weighted by Gasteiger charge is 2.13. The summed E-state index contributed by atoms with van der Waals surface area (Å²) in [5.74, 6) is 1.37. The van der Waals surface area contributed by atoms with Crippen molar-refractivity contribution in [1.82, 2.24) is 4.98 Å². The van der Waals surface area contributed by atoms with Crippen LogP contribution in [0, 0.1) is 5.92 Å². The van der Waals surface area contributed by atoms with Crippen molar-refractivity contribution in [2.45, 2.75) is 20.8 Å². The van der Waals surface area contributed by atoms with E-state index in [1.54, 1.807) is 0 Å². The van der Waals surface area contributed by atoms with Crippen molar-refractivity contribution in [2.24, 2.45) is 5.92 Å². The molecular formula is C17H18N2O3S. The number of nitrogens with one attached hydrogen (secondary N) is 1. The van der Waals surface area contributed by atoms with Crippen LogP contribution in [-0.4, -0.2) is 17.5 Å². The number of fused-ring (bicyclic) bond motifs is 1. The van der Waals surface area contributed by atoms with Gasteiger partial charge < -0.3 is 14.5 Å². The Hall–Kier alpha value is -2.34. The molecule has 0 saturated heterocycles. The average Bonchev–Trinajstić information content (AvgIpc) is 3.13. The van der Waals surface area contributed by atoms with Crippen molar-refractivity contribution in [3.63, 3.8) is 0 Å². The highest BCUT2D eigenvalue weighted by Crippen LogP contribution is 2.32. The molecule has 0 bridgehead atoms. The van der Waals surface area contributed by atoms with Crippen LogP contribution in [0.4, 0.5) is 5.13 Å². The van der Waals surface area contributed by atoms with Crippen LogP contribution in [0.3, 0.4) is 0 Å². The van der Waals surface area contributed by atoms with Gasteiger partial charge in [-0.05, 0) is 31.2 Å². The fourth-order valence-corrected chi connectivity index (χ4v) is 2.80. The fourth-order valence-electron chi connectivity index (χ4n) is 2.10. The molecule has 0 radical (unpaired) electrons. The Kier molecular flexibility index (Phi) is 4.34. The maximum atomic E-state index is 11.7. The van der Waals surface area contributed by atoms with Crippen molar-refractivity contribution in [3.8, 4) is 17.2 Å². The van der Waals surface area contributed by atoms with E-state index in [4.69, 9.17) is 9.15 Å². The summed E-state index contributed by atoms with van der Waals surface area (Å²) in [6, 6.07) is 7.65. The highest BCUT2D eigenvalue weighted by molar-refractivity contribution is 7.14. The highest BCUT2D eigenvalue weighted by atomic mass is 32.1. The maximum absolute atomic E-state index is 11.7. The molecule has 2 aromatic heterocycles. The number of nitrogens with zero attached hydrogens (tertiary/aromatic N) is 1. The Bertz CT molecular complexity index is 835. The zero-order chi connectivity index (χ0) is 16.4. The van der Waals surface area contributed by atoms with Crippen molar-refractivity contribution in [1.29, 1.82) is 0 Å². The second kappa shape index (κ2) is 6.42. The van der Waals surface area contributed by atoms with E-state index < -0.39 is 0 Å². The summed E-state index contributed by atoms with van der Waals surface area (Å²) in [7, 11) is 0. The number of carbonyl (C=O) groups is 1. The maximum Gasteiger partial charge on any atom is 0.228 e. The van der Waals surface area contributed by atoms with Crippen LogP contribution in [0.15, 0.2) is 34.1 Å².